The van der Waals surface area contributed by atoms with E-state index in [-0.39, 0.29) is 28.5 Å². The molecule has 7 rings (SSSR count). The number of hydrogen-bond acceptors (Lipinski definition) is 3. The Bertz CT molecular complexity index is 1250. The van der Waals surface area contributed by atoms with E-state index in [4.69, 9.17) is 0 Å². The van der Waals surface area contributed by atoms with Crippen molar-refractivity contribution >= 4 is 11.6 Å². The summed E-state index contributed by atoms with van der Waals surface area (Å²) in [6.07, 6.45) is 1.82. The second-order valence-corrected chi connectivity index (χ2v) is 10.3. The molecule has 1 amide bonds. The van der Waals surface area contributed by atoms with Crippen LogP contribution in [0, 0.1) is 23.6 Å². The molecular formula is C25H24F4N4O. The van der Waals surface area contributed by atoms with Gasteiger partial charge in [0.15, 0.2) is 17.0 Å². The lowest BCUT2D eigenvalue weighted by molar-refractivity contribution is -0.142. The van der Waals surface area contributed by atoms with E-state index < -0.39 is 17.7 Å². The van der Waals surface area contributed by atoms with Crippen LogP contribution in [0.4, 0.5) is 17.6 Å². The molecule has 2 aromatic heterocycles. The van der Waals surface area contributed by atoms with Crippen LogP contribution in [-0.4, -0.2) is 38.0 Å². The number of fused-ring (bicyclic) bond motifs is 1. The van der Waals surface area contributed by atoms with Crippen molar-refractivity contribution in [1.29, 1.82) is 0 Å². The van der Waals surface area contributed by atoms with Crippen LogP contribution in [-0.2, 0) is 6.18 Å². The largest absolute Gasteiger partial charge is 0.433 e. The van der Waals surface area contributed by atoms with Gasteiger partial charge in [-0.05, 0) is 86.6 Å². The minimum absolute atomic E-state index is 0.0353. The minimum Gasteiger partial charge on any atom is -0.335 e. The summed E-state index contributed by atoms with van der Waals surface area (Å²) >= 11 is 0. The quantitative estimate of drug-likeness (QED) is 0.467. The Labute approximate surface area is 193 Å². The van der Waals surface area contributed by atoms with Gasteiger partial charge in [0.25, 0.3) is 5.91 Å². The van der Waals surface area contributed by atoms with Gasteiger partial charge in [0.1, 0.15) is 5.82 Å². The maximum Gasteiger partial charge on any atom is 0.433 e. The first-order valence-corrected chi connectivity index (χ1v) is 11.6. The van der Waals surface area contributed by atoms with Crippen LogP contribution >= 0.6 is 0 Å². The summed E-state index contributed by atoms with van der Waals surface area (Å²) in [4.78, 5) is 19.5. The lowest BCUT2D eigenvalue weighted by Crippen LogP contribution is -2.60. The first kappa shape index (κ1) is 21.6. The van der Waals surface area contributed by atoms with Crippen LogP contribution in [0.3, 0.4) is 0 Å². The average molecular weight is 472 g/mol. The second kappa shape index (κ2) is 7.26. The fraction of sp³-hybridized carbons (Fsp3) is 0.480. The molecule has 2 heterocycles. The van der Waals surface area contributed by atoms with Gasteiger partial charge in [-0.2, -0.15) is 18.3 Å². The number of halogens is 4. The Morgan fingerprint density at radius 2 is 1.62 bits per heavy atom. The summed E-state index contributed by atoms with van der Waals surface area (Å²) in [7, 11) is 1.77. The number of hydrogen-bond donors (Lipinski definition) is 0. The maximum absolute atomic E-state index is 13.9. The van der Waals surface area contributed by atoms with Crippen molar-refractivity contribution in [2.45, 2.75) is 50.2 Å². The van der Waals surface area contributed by atoms with Gasteiger partial charge in [-0.3, -0.25) is 4.79 Å². The standard InChI is InChI=1S/C25H24F4N4O/c1-32(24-11-14-6-15(12-24)8-16(7-14)13-24)23(34)20-10-22-30-19(17-2-4-18(26)5-3-17)9-21(25(27,28)29)33(22)31-20/h2-5,9-10,14-16H,6-8,11-13H2,1H3. The van der Waals surface area contributed by atoms with E-state index in [1.807, 2.05) is 0 Å². The summed E-state index contributed by atoms with van der Waals surface area (Å²) in [6.45, 7) is 0. The molecule has 4 saturated carbocycles. The third-order valence-corrected chi connectivity index (χ3v) is 8.10. The monoisotopic (exact) mass is 472 g/mol. The van der Waals surface area contributed by atoms with Gasteiger partial charge in [0, 0.05) is 24.2 Å². The van der Waals surface area contributed by atoms with Crippen LogP contribution in [0.5, 0.6) is 0 Å². The molecule has 178 valence electrons. The molecule has 0 spiro atoms. The van der Waals surface area contributed by atoms with Crippen molar-refractivity contribution in [2.24, 2.45) is 17.8 Å². The predicted octanol–water partition coefficient (Wildman–Crippen LogP) is 5.60. The lowest BCUT2D eigenvalue weighted by Gasteiger charge is -2.59. The van der Waals surface area contributed by atoms with Gasteiger partial charge in [-0.25, -0.2) is 13.9 Å². The normalized spacial score (nSPS) is 28.0. The Morgan fingerprint density at radius 1 is 1.03 bits per heavy atom. The fourth-order valence-corrected chi connectivity index (χ4v) is 6.91. The molecule has 34 heavy (non-hydrogen) atoms. The smallest absolute Gasteiger partial charge is 0.335 e. The minimum atomic E-state index is -4.71. The first-order valence-electron chi connectivity index (χ1n) is 11.6. The maximum atomic E-state index is 13.9. The lowest BCUT2D eigenvalue weighted by atomic mass is 9.52. The Kier molecular flexibility index (Phi) is 4.60. The van der Waals surface area contributed by atoms with Gasteiger partial charge in [0.2, 0.25) is 0 Å². The van der Waals surface area contributed by atoms with Crippen LogP contribution in [0.25, 0.3) is 16.9 Å². The number of aromatic nitrogens is 3. The molecule has 4 aliphatic rings. The molecule has 0 aliphatic heterocycles. The third kappa shape index (κ3) is 3.39. The molecular weight excluding hydrogens is 448 g/mol. The summed E-state index contributed by atoms with van der Waals surface area (Å²) in [5.74, 6) is 1.01. The zero-order valence-corrected chi connectivity index (χ0v) is 18.6. The number of carbonyl (C=O) groups excluding carboxylic acids is 1. The van der Waals surface area contributed by atoms with E-state index in [0.29, 0.717) is 27.8 Å². The molecule has 5 nitrogen and oxygen atoms in total. The number of carbonyl (C=O) groups is 1. The highest BCUT2D eigenvalue weighted by Gasteiger charge is 2.54. The summed E-state index contributed by atoms with van der Waals surface area (Å²) in [6, 6.07) is 7.28. The molecule has 9 heteroatoms. The molecule has 1 aromatic carbocycles. The molecule has 0 N–H and O–H groups in total. The van der Waals surface area contributed by atoms with Crippen molar-refractivity contribution in [3.8, 4) is 11.3 Å². The summed E-state index contributed by atoms with van der Waals surface area (Å²) in [5.41, 5.74) is -1.01. The van der Waals surface area contributed by atoms with Gasteiger partial charge in [-0.1, -0.05) is 0 Å². The van der Waals surface area contributed by atoms with E-state index >= 15 is 0 Å². The molecule has 4 fully saturated rings. The van der Waals surface area contributed by atoms with E-state index in [1.54, 1.807) is 11.9 Å². The SMILES string of the molecule is CN(C(=O)c1cc2nc(-c3ccc(F)cc3)cc(C(F)(F)F)n2n1)C12CC3CC(CC(C3)C1)C2. The zero-order chi connectivity index (χ0) is 23.8. The van der Waals surface area contributed by atoms with Crippen LogP contribution in [0.15, 0.2) is 36.4 Å². The highest BCUT2D eigenvalue weighted by molar-refractivity contribution is 5.94. The Balaban J connectivity index is 1.39. The van der Waals surface area contributed by atoms with E-state index in [9.17, 15) is 22.4 Å². The fourth-order valence-electron chi connectivity index (χ4n) is 6.91. The summed E-state index contributed by atoms with van der Waals surface area (Å²) in [5, 5.41) is 4.06. The van der Waals surface area contributed by atoms with Gasteiger partial charge in [0.05, 0.1) is 5.69 Å². The predicted molar refractivity (Wildman–Crippen MR) is 116 cm³/mol. The van der Waals surface area contributed by atoms with Gasteiger partial charge in [-0.15, -0.1) is 0 Å². The second-order valence-electron chi connectivity index (χ2n) is 10.3. The van der Waals surface area contributed by atoms with Crippen molar-refractivity contribution in [2.75, 3.05) is 7.05 Å². The number of amides is 1. The molecule has 0 radical (unpaired) electrons. The summed E-state index contributed by atoms with van der Waals surface area (Å²) < 4.78 is 55.7. The van der Waals surface area contributed by atoms with Crippen molar-refractivity contribution in [3.05, 3.63) is 53.6 Å². The number of alkyl halides is 3. The molecule has 3 aromatic rings. The highest BCUT2D eigenvalue weighted by Crippen LogP contribution is 2.57. The average Bonchev–Trinajstić information content (AvgIpc) is 3.20. The van der Waals surface area contributed by atoms with E-state index in [1.165, 1.54) is 49.6 Å². The molecule has 4 bridgehead atoms. The third-order valence-electron chi connectivity index (χ3n) is 8.10. The van der Waals surface area contributed by atoms with Crippen molar-refractivity contribution in [3.63, 3.8) is 0 Å². The first-order chi connectivity index (χ1) is 16.1. The molecule has 4 aliphatic carbocycles. The van der Waals surface area contributed by atoms with Crippen LogP contribution in [0.1, 0.15) is 54.7 Å². The zero-order valence-electron chi connectivity index (χ0n) is 18.6. The molecule has 0 atom stereocenters. The number of nitrogens with zero attached hydrogens (tertiary/aromatic N) is 4. The topological polar surface area (TPSA) is 50.5 Å². The van der Waals surface area contributed by atoms with Crippen molar-refractivity contribution < 1.29 is 22.4 Å². The van der Waals surface area contributed by atoms with Gasteiger partial charge >= 0.3 is 6.18 Å². The Morgan fingerprint density at radius 3 is 2.18 bits per heavy atom. The van der Waals surface area contributed by atoms with Crippen LogP contribution < -0.4 is 0 Å². The molecule has 0 unspecified atom stereocenters. The Hall–Kier alpha value is -2.97. The number of benzene rings is 1. The highest BCUT2D eigenvalue weighted by atomic mass is 19.4. The van der Waals surface area contributed by atoms with E-state index in [0.717, 1.165) is 25.3 Å². The van der Waals surface area contributed by atoms with Crippen molar-refractivity contribution in [1.82, 2.24) is 19.5 Å². The van der Waals surface area contributed by atoms with Gasteiger partial charge < -0.3 is 4.90 Å². The van der Waals surface area contributed by atoms with Crippen LogP contribution in [0.2, 0.25) is 0 Å². The van der Waals surface area contributed by atoms with E-state index in [2.05, 4.69) is 10.1 Å². The molecule has 0 saturated heterocycles. The number of rotatable bonds is 3.